The van der Waals surface area contributed by atoms with Crippen molar-refractivity contribution in [1.82, 2.24) is 10.2 Å². The van der Waals surface area contributed by atoms with Gasteiger partial charge in [0.2, 0.25) is 0 Å². The third-order valence-electron chi connectivity index (χ3n) is 2.39. The molecule has 0 aliphatic heterocycles. The molecule has 1 heterocycles. The van der Waals surface area contributed by atoms with Crippen LogP contribution in [0, 0.1) is 13.8 Å². The number of nitrogens with zero attached hydrogens (tertiary/aromatic N) is 1. The summed E-state index contributed by atoms with van der Waals surface area (Å²) < 4.78 is 0. The first kappa shape index (κ1) is 10.4. The molecule has 0 saturated heterocycles. The van der Waals surface area contributed by atoms with E-state index in [1.807, 2.05) is 19.9 Å². The van der Waals surface area contributed by atoms with Gasteiger partial charge in [0, 0.05) is 11.6 Å². The van der Waals surface area contributed by atoms with E-state index in [4.69, 9.17) is 0 Å². The van der Waals surface area contributed by atoms with E-state index in [0.717, 1.165) is 11.1 Å². The van der Waals surface area contributed by atoms with Gasteiger partial charge >= 0.3 is 0 Å². The number of H-pyrrole nitrogens is 1. The van der Waals surface area contributed by atoms with E-state index in [1.54, 1.807) is 12.1 Å². The van der Waals surface area contributed by atoms with Crippen molar-refractivity contribution in [2.24, 2.45) is 0 Å². The molecule has 82 valence electrons. The summed E-state index contributed by atoms with van der Waals surface area (Å²) in [6, 6.07) is 6.62. The molecule has 0 atom stereocenters. The summed E-state index contributed by atoms with van der Waals surface area (Å²) in [6.45, 7) is 3.81. The summed E-state index contributed by atoms with van der Waals surface area (Å²) in [6.07, 6.45) is 0. The minimum atomic E-state index is -0.256. The van der Waals surface area contributed by atoms with E-state index in [0.29, 0.717) is 11.3 Å². The van der Waals surface area contributed by atoms with Crippen LogP contribution in [0.2, 0.25) is 0 Å². The lowest BCUT2D eigenvalue weighted by atomic mass is 10.0. The molecule has 0 bridgehead atoms. The van der Waals surface area contributed by atoms with Crippen LogP contribution in [0.25, 0.3) is 11.3 Å². The summed E-state index contributed by atoms with van der Waals surface area (Å²) in [5.41, 5.74) is 2.88. The number of hydrogen-bond acceptors (Lipinski definition) is 3. The fourth-order valence-electron chi connectivity index (χ4n) is 1.76. The number of aromatic hydroxyl groups is 1. The summed E-state index contributed by atoms with van der Waals surface area (Å²) in [7, 11) is 0. The zero-order chi connectivity index (χ0) is 11.7. The average molecular weight is 216 g/mol. The topological polar surface area (TPSA) is 66.0 Å². The maximum absolute atomic E-state index is 10.9. The molecule has 0 aliphatic carbocycles. The molecular weight excluding hydrogens is 204 g/mol. The number of aromatic nitrogens is 2. The first-order valence-corrected chi connectivity index (χ1v) is 4.94. The Bertz CT molecular complexity index is 544. The predicted octanol–water partition coefficient (Wildman–Crippen LogP) is 1.76. The highest BCUT2D eigenvalue weighted by molar-refractivity contribution is 5.70. The largest absolute Gasteiger partial charge is 0.507 e. The molecule has 0 fully saturated rings. The summed E-state index contributed by atoms with van der Waals surface area (Å²) in [5, 5.41) is 16.1. The molecule has 2 aromatic rings. The highest BCUT2D eigenvalue weighted by Crippen LogP contribution is 2.31. The number of aryl methyl sites for hydroxylation is 2. The number of nitrogens with one attached hydrogen (secondary N) is 1. The summed E-state index contributed by atoms with van der Waals surface area (Å²) in [5.74, 6) is 0.178. The first-order valence-electron chi connectivity index (χ1n) is 4.94. The monoisotopic (exact) mass is 216 g/mol. The standard InChI is InChI=1S/C12H12N2O2/c1-7-5-8(2)12(10(15)6-7)9-3-4-11(16)14-13-9/h3-6,15H,1-2H3,(H,14,16). The van der Waals surface area contributed by atoms with Crippen molar-refractivity contribution < 1.29 is 5.11 Å². The van der Waals surface area contributed by atoms with Crippen molar-refractivity contribution in [3.8, 4) is 17.0 Å². The van der Waals surface area contributed by atoms with Crippen LogP contribution in [0.15, 0.2) is 29.1 Å². The van der Waals surface area contributed by atoms with Crippen molar-refractivity contribution in [2.75, 3.05) is 0 Å². The Morgan fingerprint density at radius 3 is 2.56 bits per heavy atom. The molecular formula is C12H12N2O2. The van der Waals surface area contributed by atoms with Crippen LogP contribution in [0.4, 0.5) is 0 Å². The van der Waals surface area contributed by atoms with Crippen molar-refractivity contribution >= 4 is 0 Å². The first-order chi connectivity index (χ1) is 7.58. The van der Waals surface area contributed by atoms with E-state index in [1.165, 1.54) is 6.07 Å². The Kier molecular flexibility index (Phi) is 2.48. The van der Waals surface area contributed by atoms with Crippen LogP contribution in [0.5, 0.6) is 5.75 Å². The van der Waals surface area contributed by atoms with Crippen LogP contribution < -0.4 is 5.56 Å². The average Bonchev–Trinajstić information content (AvgIpc) is 2.19. The molecule has 1 aromatic heterocycles. The normalized spacial score (nSPS) is 10.4. The number of rotatable bonds is 1. The van der Waals surface area contributed by atoms with E-state index in [-0.39, 0.29) is 11.3 Å². The minimum absolute atomic E-state index is 0.178. The van der Waals surface area contributed by atoms with Crippen molar-refractivity contribution in [2.45, 2.75) is 13.8 Å². The fourth-order valence-corrected chi connectivity index (χ4v) is 1.76. The molecule has 0 aliphatic rings. The molecule has 16 heavy (non-hydrogen) atoms. The quantitative estimate of drug-likeness (QED) is 0.763. The van der Waals surface area contributed by atoms with E-state index in [2.05, 4.69) is 10.2 Å². The zero-order valence-corrected chi connectivity index (χ0v) is 9.11. The van der Waals surface area contributed by atoms with Crippen LogP contribution in [-0.2, 0) is 0 Å². The van der Waals surface area contributed by atoms with Gasteiger partial charge in [-0.1, -0.05) is 6.07 Å². The minimum Gasteiger partial charge on any atom is -0.507 e. The Hall–Kier alpha value is -2.10. The van der Waals surface area contributed by atoms with Gasteiger partial charge in [0.05, 0.1) is 5.69 Å². The Morgan fingerprint density at radius 1 is 1.25 bits per heavy atom. The van der Waals surface area contributed by atoms with Crippen LogP contribution in [0.3, 0.4) is 0 Å². The van der Waals surface area contributed by atoms with Gasteiger partial charge in [-0.05, 0) is 37.1 Å². The summed E-state index contributed by atoms with van der Waals surface area (Å²) >= 11 is 0. The maximum atomic E-state index is 10.9. The van der Waals surface area contributed by atoms with Gasteiger partial charge in [-0.3, -0.25) is 4.79 Å². The fraction of sp³-hybridized carbons (Fsp3) is 0.167. The van der Waals surface area contributed by atoms with Crippen LogP contribution in [0.1, 0.15) is 11.1 Å². The molecule has 0 amide bonds. The van der Waals surface area contributed by atoms with Gasteiger partial charge in [0.25, 0.3) is 5.56 Å². The maximum Gasteiger partial charge on any atom is 0.264 e. The van der Waals surface area contributed by atoms with Crippen LogP contribution >= 0.6 is 0 Å². The third-order valence-corrected chi connectivity index (χ3v) is 2.39. The molecule has 0 radical (unpaired) electrons. The molecule has 0 unspecified atom stereocenters. The lowest BCUT2D eigenvalue weighted by Gasteiger charge is -2.08. The van der Waals surface area contributed by atoms with E-state index in [9.17, 15) is 9.90 Å². The predicted molar refractivity (Wildman–Crippen MR) is 61.4 cm³/mol. The van der Waals surface area contributed by atoms with Crippen molar-refractivity contribution in [3.63, 3.8) is 0 Å². The second kappa shape index (κ2) is 3.81. The van der Waals surface area contributed by atoms with Gasteiger partial charge in [0.1, 0.15) is 5.75 Å². The lowest BCUT2D eigenvalue weighted by Crippen LogP contribution is -2.06. The molecule has 4 heteroatoms. The Morgan fingerprint density at radius 2 is 2.00 bits per heavy atom. The SMILES string of the molecule is Cc1cc(C)c(-c2ccc(=O)[nH]n2)c(O)c1. The number of aromatic amines is 1. The molecule has 0 spiro atoms. The van der Waals surface area contributed by atoms with Gasteiger partial charge in [0.15, 0.2) is 0 Å². The smallest absolute Gasteiger partial charge is 0.264 e. The molecule has 1 aromatic carbocycles. The number of phenolic OH excluding ortho intramolecular Hbond substituents is 1. The molecule has 0 saturated carbocycles. The molecule has 2 rings (SSSR count). The number of hydrogen-bond donors (Lipinski definition) is 2. The lowest BCUT2D eigenvalue weighted by molar-refractivity contribution is 0.476. The van der Waals surface area contributed by atoms with Crippen molar-refractivity contribution in [3.05, 3.63) is 45.7 Å². The zero-order valence-electron chi connectivity index (χ0n) is 9.11. The van der Waals surface area contributed by atoms with E-state index < -0.39 is 0 Å². The molecule has 4 nitrogen and oxygen atoms in total. The van der Waals surface area contributed by atoms with Crippen LogP contribution in [-0.4, -0.2) is 15.3 Å². The Labute approximate surface area is 92.6 Å². The third kappa shape index (κ3) is 1.82. The summed E-state index contributed by atoms with van der Waals surface area (Å²) in [4.78, 5) is 10.9. The second-order valence-corrected chi connectivity index (χ2v) is 3.78. The van der Waals surface area contributed by atoms with Gasteiger partial charge < -0.3 is 5.11 Å². The number of phenols is 1. The van der Waals surface area contributed by atoms with Gasteiger partial charge in [-0.2, -0.15) is 5.10 Å². The Balaban J connectivity index is 2.64. The van der Waals surface area contributed by atoms with Crippen molar-refractivity contribution in [1.29, 1.82) is 0 Å². The highest BCUT2D eigenvalue weighted by Gasteiger charge is 2.09. The second-order valence-electron chi connectivity index (χ2n) is 3.78. The van der Waals surface area contributed by atoms with E-state index >= 15 is 0 Å². The van der Waals surface area contributed by atoms with Gasteiger partial charge in [-0.15, -0.1) is 0 Å². The molecule has 2 N–H and O–H groups in total. The number of benzene rings is 1. The highest BCUT2D eigenvalue weighted by atomic mass is 16.3. The van der Waals surface area contributed by atoms with Gasteiger partial charge in [-0.25, -0.2) is 5.10 Å².